The largest absolute Gasteiger partial charge is 0.392 e. The molecule has 6 heteroatoms. The Kier molecular flexibility index (Phi) is 3.92. The first-order chi connectivity index (χ1) is 11.0. The van der Waals surface area contributed by atoms with Gasteiger partial charge in [0.1, 0.15) is 23.3 Å². The van der Waals surface area contributed by atoms with E-state index in [-0.39, 0.29) is 12.4 Å². The monoisotopic (exact) mass is 318 g/mol. The molecule has 1 aromatic heterocycles. The van der Waals surface area contributed by atoms with Crippen molar-refractivity contribution >= 4 is 0 Å². The van der Waals surface area contributed by atoms with Gasteiger partial charge in [-0.1, -0.05) is 12.1 Å². The Balaban J connectivity index is 2.23. The number of rotatable bonds is 3. The van der Waals surface area contributed by atoms with Crippen molar-refractivity contribution in [3.63, 3.8) is 0 Å². The summed E-state index contributed by atoms with van der Waals surface area (Å²) in [6, 6.07) is 6.48. The van der Waals surface area contributed by atoms with E-state index in [4.69, 9.17) is 0 Å². The fourth-order valence-corrected chi connectivity index (χ4v) is 2.54. The molecule has 0 aliphatic heterocycles. The molecule has 0 aliphatic rings. The van der Waals surface area contributed by atoms with E-state index in [1.165, 1.54) is 10.8 Å². The van der Waals surface area contributed by atoms with Crippen LogP contribution in [0.1, 0.15) is 11.1 Å². The Labute approximate surface area is 130 Å². The standard InChI is InChI=1S/C17H13F3N2O/c1-10-11(9-23)3-2-4-15(10)22-6-5-21-17(22)16-13(19)7-12(18)8-14(16)20/h2-8,23H,9H2,1H3. The molecule has 0 unspecified atom stereocenters. The third-order valence-corrected chi connectivity index (χ3v) is 3.72. The Bertz CT molecular complexity index is 851. The molecule has 0 aliphatic carbocycles. The zero-order valence-corrected chi connectivity index (χ0v) is 12.2. The van der Waals surface area contributed by atoms with Gasteiger partial charge in [0, 0.05) is 24.5 Å². The lowest BCUT2D eigenvalue weighted by Gasteiger charge is -2.14. The van der Waals surface area contributed by atoms with Crippen LogP contribution >= 0.6 is 0 Å². The van der Waals surface area contributed by atoms with Crippen LogP contribution < -0.4 is 0 Å². The number of aliphatic hydroxyl groups is 1. The van der Waals surface area contributed by atoms with Crippen LogP contribution in [-0.2, 0) is 6.61 Å². The second-order valence-corrected chi connectivity index (χ2v) is 5.08. The maximum Gasteiger partial charge on any atom is 0.150 e. The molecule has 23 heavy (non-hydrogen) atoms. The van der Waals surface area contributed by atoms with Crippen LogP contribution in [0.15, 0.2) is 42.7 Å². The van der Waals surface area contributed by atoms with Crippen molar-refractivity contribution in [1.82, 2.24) is 9.55 Å². The molecule has 0 saturated heterocycles. The van der Waals surface area contributed by atoms with Crippen molar-refractivity contribution in [3.05, 3.63) is 71.3 Å². The van der Waals surface area contributed by atoms with Crippen LogP contribution in [0.4, 0.5) is 13.2 Å². The maximum atomic E-state index is 14.0. The molecular formula is C17H13F3N2O. The SMILES string of the molecule is Cc1c(CO)cccc1-n1ccnc1-c1c(F)cc(F)cc1F. The van der Waals surface area contributed by atoms with E-state index < -0.39 is 23.0 Å². The Hall–Kier alpha value is -2.60. The van der Waals surface area contributed by atoms with E-state index >= 15 is 0 Å². The Morgan fingerprint density at radius 2 is 1.83 bits per heavy atom. The van der Waals surface area contributed by atoms with Crippen molar-refractivity contribution in [2.75, 3.05) is 0 Å². The molecule has 0 radical (unpaired) electrons. The summed E-state index contributed by atoms with van der Waals surface area (Å²) in [6.07, 6.45) is 2.96. The average Bonchev–Trinajstić information content (AvgIpc) is 2.95. The topological polar surface area (TPSA) is 38.0 Å². The van der Waals surface area contributed by atoms with E-state index in [0.717, 1.165) is 5.56 Å². The minimum absolute atomic E-state index is 0.0261. The molecule has 0 amide bonds. The lowest BCUT2D eigenvalue weighted by molar-refractivity contribution is 0.281. The summed E-state index contributed by atoms with van der Waals surface area (Å²) in [6.45, 7) is 1.64. The number of halogens is 3. The Morgan fingerprint density at radius 3 is 2.48 bits per heavy atom. The summed E-state index contributed by atoms with van der Waals surface area (Å²) in [4.78, 5) is 4.01. The van der Waals surface area contributed by atoms with E-state index in [9.17, 15) is 18.3 Å². The average molecular weight is 318 g/mol. The zero-order chi connectivity index (χ0) is 16.6. The van der Waals surface area contributed by atoms with Crippen LogP contribution in [0.25, 0.3) is 17.1 Å². The van der Waals surface area contributed by atoms with E-state index in [2.05, 4.69) is 4.98 Å². The third kappa shape index (κ3) is 2.61. The summed E-state index contributed by atoms with van der Waals surface area (Å²) in [5.41, 5.74) is 1.69. The van der Waals surface area contributed by atoms with Crippen LogP contribution in [0.2, 0.25) is 0 Å². The molecule has 0 saturated carbocycles. The van der Waals surface area contributed by atoms with Gasteiger partial charge < -0.3 is 5.11 Å². The summed E-state index contributed by atoms with van der Waals surface area (Å²) in [5, 5.41) is 9.36. The minimum atomic E-state index is -1.02. The number of aliphatic hydroxyl groups excluding tert-OH is 1. The Morgan fingerprint density at radius 1 is 1.13 bits per heavy atom. The van der Waals surface area contributed by atoms with Gasteiger partial charge >= 0.3 is 0 Å². The molecule has 3 aromatic rings. The number of imidazole rings is 1. The van der Waals surface area contributed by atoms with Gasteiger partial charge in [-0.05, 0) is 24.1 Å². The smallest absolute Gasteiger partial charge is 0.150 e. The minimum Gasteiger partial charge on any atom is -0.392 e. The first kappa shape index (κ1) is 15.3. The van der Waals surface area contributed by atoms with Crippen molar-refractivity contribution in [2.45, 2.75) is 13.5 Å². The second kappa shape index (κ2) is 5.89. The molecule has 0 spiro atoms. The van der Waals surface area contributed by atoms with E-state index in [1.54, 1.807) is 31.3 Å². The number of hydrogen-bond donors (Lipinski definition) is 1. The first-order valence-electron chi connectivity index (χ1n) is 6.91. The van der Waals surface area contributed by atoms with E-state index in [1.807, 2.05) is 0 Å². The lowest BCUT2D eigenvalue weighted by atomic mass is 10.1. The van der Waals surface area contributed by atoms with Crippen molar-refractivity contribution in [2.24, 2.45) is 0 Å². The molecule has 0 fully saturated rings. The zero-order valence-electron chi connectivity index (χ0n) is 12.2. The first-order valence-corrected chi connectivity index (χ1v) is 6.91. The van der Waals surface area contributed by atoms with Crippen LogP contribution in [0.3, 0.4) is 0 Å². The number of nitrogens with zero attached hydrogens (tertiary/aromatic N) is 2. The number of benzene rings is 2. The highest BCUT2D eigenvalue weighted by molar-refractivity contribution is 5.61. The molecule has 2 aromatic carbocycles. The predicted molar refractivity (Wildman–Crippen MR) is 79.5 cm³/mol. The van der Waals surface area contributed by atoms with Crippen molar-refractivity contribution < 1.29 is 18.3 Å². The van der Waals surface area contributed by atoms with E-state index in [0.29, 0.717) is 23.4 Å². The summed E-state index contributed by atoms with van der Waals surface area (Å²) in [7, 11) is 0. The quantitative estimate of drug-likeness (QED) is 0.798. The number of aromatic nitrogens is 2. The molecule has 3 rings (SSSR count). The van der Waals surface area contributed by atoms with Gasteiger partial charge in [-0.2, -0.15) is 0 Å². The molecule has 1 N–H and O–H groups in total. The molecule has 118 valence electrons. The van der Waals surface area contributed by atoms with Gasteiger partial charge in [0.15, 0.2) is 0 Å². The van der Waals surface area contributed by atoms with Gasteiger partial charge in [-0.25, -0.2) is 18.2 Å². The van der Waals surface area contributed by atoms with Crippen molar-refractivity contribution in [3.8, 4) is 17.1 Å². The fraction of sp³-hybridized carbons (Fsp3) is 0.118. The highest BCUT2D eigenvalue weighted by Gasteiger charge is 2.19. The maximum absolute atomic E-state index is 14.0. The van der Waals surface area contributed by atoms with Gasteiger partial charge in [-0.3, -0.25) is 4.57 Å². The van der Waals surface area contributed by atoms with Crippen LogP contribution in [0.5, 0.6) is 0 Å². The van der Waals surface area contributed by atoms with Gasteiger partial charge in [0.2, 0.25) is 0 Å². The number of hydrogen-bond acceptors (Lipinski definition) is 2. The van der Waals surface area contributed by atoms with Gasteiger partial charge in [-0.15, -0.1) is 0 Å². The molecule has 0 bridgehead atoms. The van der Waals surface area contributed by atoms with Crippen LogP contribution in [0, 0.1) is 24.4 Å². The molecular weight excluding hydrogens is 305 g/mol. The second-order valence-electron chi connectivity index (χ2n) is 5.08. The highest BCUT2D eigenvalue weighted by atomic mass is 19.1. The normalized spacial score (nSPS) is 11.0. The molecule has 0 atom stereocenters. The van der Waals surface area contributed by atoms with Crippen LogP contribution in [-0.4, -0.2) is 14.7 Å². The summed E-state index contributed by atoms with van der Waals surface area (Å²) < 4.78 is 42.7. The lowest BCUT2D eigenvalue weighted by Crippen LogP contribution is -2.04. The fourth-order valence-electron chi connectivity index (χ4n) is 2.54. The third-order valence-electron chi connectivity index (χ3n) is 3.72. The summed E-state index contributed by atoms with van der Waals surface area (Å²) in [5.74, 6) is -3.00. The predicted octanol–water partition coefficient (Wildman–Crippen LogP) is 3.76. The molecule has 1 heterocycles. The van der Waals surface area contributed by atoms with Gasteiger partial charge in [0.25, 0.3) is 0 Å². The molecule has 3 nitrogen and oxygen atoms in total. The summed E-state index contributed by atoms with van der Waals surface area (Å²) >= 11 is 0. The highest BCUT2D eigenvalue weighted by Crippen LogP contribution is 2.29. The van der Waals surface area contributed by atoms with Gasteiger partial charge in [0.05, 0.1) is 17.9 Å². The van der Waals surface area contributed by atoms with Crippen molar-refractivity contribution in [1.29, 1.82) is 0 Å².